The Morgan fingerprint density at radius 2 is 1.15 bits per heavy atom. The van der Waals surface area contributed by atoms with Crippen LogP contribution in [-0.2, 0) is 0 Å². The van der Waals surface area contributed by atoms with E-state index in [1.807, 2.05) is 19.1 Å². The molecule has 0 bridgehead atoms. The fraction of sp³-hybridized carbons (Fsp3) is 0.0222. The van der Waals surface area contributed by atoms with E-state index in [4.69, 9.17) is 4.42 Å². The standard InChI is InChI=1S/C42H26N2O.C3H6/c1-4-16-38-31(11-1)32-12-2-5-17-39(32)44(38)29-20-21-37-35(25-29)34-15-8-14-30(42(34)43-37)28-10-7-9-26(23-28)27-19-22-41-36(24-27)33-13-3-6-18-40(33)45-41;1-3-2/h1-25,43H;3H,1H2,2H3. The zero-order chi connectivity index (χ0) is 32.2. The van der Waals surface area contributed by atoms with Crippen molar-refractivity contribution < 1.29 is 4.42 Å². The fourth-order valence-corrected chi connectivity index (χ4v) is 7.26. The molecule has 0 atom stereocenters. The Morgan fingerprint density at radius 3 is 1.94 bits per heavy atom. The van der Waals surface area contributed by atoms with Crippen molar-refractivity contribution in [3.8, 4) is 27.9 Å². The lowest BCUT2D eigenvalue weighted by Gasteiger charge is -2.08. The van der Waals surface area contributed by atoms with Crippen LogP contribution in [0.3, 0.4) is 0 Å². The number of nitrogens with zero attached hydrogens (tertiary/aromatic N) is 1. The number of hydrogen-bond donors (Lipinski definition) is 1. The minimum atomic E-state index is 0.916. The summed E-state index contributed by atoms with van der Waals surface area (Å²) in [5.74, 6) is 0. The molecule has 0 unspecified atom stereocenters. The van der Waals surface area contributed by atoms with Gasteiger partial charge >= 0.3 is 0 Å². The maximum atomic E-state index is 6.08. The number of aromatic nitrogens is 2. The topological polar surface area (TPSA) is 33.9 Å². The van der Waals surface area contributed by atoms with Crippen molar-refractivity contribution in [1.82, 2.24) is 9.55 Å². The van der Waals surface area contributed by atoms with Crippen molar-refractivity contribution in [2.45, 2.75) is 6.92 Å². The lowest BCUT2D eigenvalue weighted by atomic mass is 9.96. The van der Waals surface area contributed by atoms with Gasteiger partial charge in [-0.1, -0.05) is 103 Å². The van der Waals surface area contributed by atoms with Gasteiger partial charge in [-0.2, -0.15) is 0 Å². The van der Waals surface area contributed by atoms with E-state index in [-0.39, 0.29) is 0 Å². The third kappa shape index (κ3) is 4.36. The Balaban J connectivity index is 0.00000101. The van der Waals surface area contributed by atoms with Gasteiger partial charge < -0.3 is 14.0 Å². The number of hydrogen-bond acceptors (Lipinski definition) is 1. The molecule has 228 valence electrons. The Morgan fingerprint density at radius 1 is 0.521 bits per heavy atom. The molecule has 0 saturated heterocycles. The molecule has 7 aromatic carbocycles. The predicted octanol–water partition coefficient (Wildman–Crippen LogP) is 12.8. The normalized spacial score (nSPS) is 11.5. The van der Waals surface area contributed by atoms with Gasteiger partial charge in [0.1, 0.15) is 11.2 Å². The van der Waals surface area contributed by atoms with Crippen LogP contribution in [0.4, 0.5) is 0 Å². The second-order valence-electron chi connectivity index (χ2n) is 12.3. The van der Waals surface area contributed by atoms with Crippen LogP contribution in [0.5, 0.6) is 0 Å². The van der Waals surface area contributed by atoms with E-state index >= 15 is 0 Å². The molecule has 10 rings (SSSR count). The summed E-state index contributed by atoms with van der Waals surface area (Å²) in [5.41, 5.74) is 12.5. The zero-order valence-corrected chi connectivity index (χ0v) is 26.6. The first-order chi connectivity index (χ1) is 23.7. The van der Waals surface area contributed by atoms with Crippen LogP contribution >= 0.6 is 0 Å². The number of para-hydroxylation sites is 4. The molecule has 0 fully saturated rings. The van der Waals surface area contributed by atoms with E-state index in [9.17, 15) is 0 Å². The number of fused-ring (bicyclic) bond motifs is 9. The molecular formula is C45H32N2O. The highest BCUT2D eigenvalue weighted by atomic mass is 16.3. The number of allylic oxidation sites excluding steroid dienone is 1. The maximum Gasteiger partial charge on any atom is 0.135 e. The predicted molar refractivity (Wildman–Crippen MR) is 204 cm³/mol. The van der Waals surface area contributed by atoms with Crippen molar-refractivity contribution >= 4 is 65.6 Å². The molecule has 1 N–H and O–H groups in total. The first-order valence-corrected chi connectivity index (χ1v) is 16.3. The number of H-pyrrole nitrogens is 1. The minimum absolute atomic E-state index is 0.916. The highest BCUT2D eigenvalue weighted by Gasteiger charge is 2.15. The van der Waals surface area contributed by atoms with Gasteiger partial charge in [0.05, 0.1) is 16.6 Å². The average Bonchev–Trinajstić information content (AvgIpc) is 3.81. The Kier molecular flexibility index (Phi) is 6.51. The summed E-state index contributed by atoms with van der Waals surface area (Å²) in [6.45, 7) is 5.25. The van der Waals surface area contributed by atoms with Crippen LogP contribution in [0.15, 0.2) is 169 Å². The Hall–Kier alpha value is -6.32. The molecular weight excluding hydrogens is 585 g/mol. The van der Waals surface area contributed by atoms with Crippen molar-refractivity contribution in [2.24, 2.45) is 0 Å². The van der Waals surface area contributed by atoms with E-state index in [1.165, 1.54) is 54.8 Å². The van der Waals surface area contributed by atoms with Gasteiger partial charge in [0.2, 0.25) is 0 Å². The molecule has 3 heteroatoms. The summed E-state index contributed by atoms with van der Waals surface area (Å²) >= 11 is 0. The minimum Gasteiger partial charge on any atom is -0.456 e. The number of aromatic amines is 1. The van der Waals surface area contributed by atoms with E-state index < -0.39 is 0 Å². The second kappa shape index (κ2) is 11.2. The van der Waals surface area contributed by atoms with Crippen molar-refractivity contribution in [3.05, 3.63) is 164 Å². The van der Waals surface area contributed by atoms with Crippen molar-refractivity contribution in [3.63, 3.8) is 0 Å². The zero-order valence-electron chi connectivity index (χ0n) is 26.6. The van der Waals surface area contributed by atoms with Crippen LogP contribution in [-0.4, -0.2) is 9.55 Å². The Bertz CT molecular complexity index is 2770. The molecule has 3 nitrogen and oxygen atoms in total. The van der Waals surface area contributed by atoms with Gasteiger partial charge in [-0.3, -0.25) is 0 Å². The van der Waals surface area contributed by atoms with Crippen LogP contribution < -0.4 is 0 Å². The number of nitrogens with one attached hydrogen (secondary N) is 1. The highest BCUT2D eigenvalue weighted by Crippen LogP contribution is 2.38. The van der Waals surface area contributed by atoms with E-state index in [0.29, 0.717) is 0 Å². The van der Waals surface area contributed by atoms with Gasteiger partial charge in [-0.05, 0) is 78.2 Å². The van der Waals surface area contributed by atoms with Crippen molar-refractivity contribution in [1.29, 1.82) is 0 Å². The van der Waals surface area contributed by atoms with Gasteiger partial charge in [0.25, 0.3) is 0 Å². The van der Waals surface area contributed by atoms with Gasteiger partial charge in [-0.25, -0.2) is 0 Å². The number of furan rings is 1. The van der Waals surface area contributed by atoms with Crippen LogP contribution in [0, 0.1) is 0 Å². The first kappa shape index (κ1) is 27.9. The lowest BCUT2D eigenvalue weighted by Crippen LogP contribution is -1.93. The van der Waals surface area contributed by atoms with Crippen LogP contribution in [0.25, 0.3) is 93.5 Å². The molecule has 0 aliphatic heterocycles. The summed E-state index contributed by atoms with van der Waals surface area (Å²) in [6.07, 6.45) is 1.75. The summed E-state index contributed by atoms with van der Waals surface area (Å²) < 4.78 is 8.47. The fourth-order valence-electron chi connectivity index (χ4n) is 7.26. The molecule has 3 heterocycles. The van der Waals surface area contributed by atoms with Gasteiger partial charge in [-0.15, -0.1) is 6.58 Å². The van der Waals surface area contributed by atoms with E-state index in [0.717, 1.165) is 38.7 Å². The number of benzene rings is 7. The first-order valence-electron chi connectivity index (χ1n) is 16.3. The molecule has 0 aliphatic rings. The number of rotatable bonds is 3. The SMILES string of the molecule is C=CC.c1cc(-c2ccc3oc4ccccc4c3c2)cc(-c2cccc3c2[nH]c2ccc(-n4c5ccccc5c5ccccc54)cc23)c1. The molecule has 3 aromatic heterocycles. The summed E-state index contributed by atoms with van der Waals surface area (Å²) in [5, 5.41) is 7.28. The van der Waals surface area contributed by atoms with Gasteiger partial charge in [0.15, 0.2) is 0 Å². The lowest BCUT2D eigenvalue weighted by molar-refractivity contribution is 0.669. The molecule has 0 amide bonds. The summed E-state index contributed by atoms with van der Waals surface area (Å²) in [4.78, 5) is 3.77. The molecule has 0 spiro atoms. The smallest absolute Gasteiger partial charge is 0.135 e. The third-order valence-corrected chi connectivity index (χ3v) is 9.34. The third-order valence-electron chi connectivity index (χ3n) is 9.34. The molecule has 48 heavy (non-hydrogen) atoms. The molecule has 10 aromatic rings. The monoisotopic (exact) mass is 616 g/mol. The van der Waals surface area contributed by atoms with E-state index in [2.05, 4.69) is 156 Å². The van der Waals surface area contributed by atoms with Crippen LogP contribution in [0.1, 0.15) is 6.92 Å². The van der Waals surface area contributed by atoms with Gasteiger partial charge in [0, 0.05) is 49.1 Å². The Labute approximate surface area is 278 Å². The van der Waals surface area contributed by atoms with Crippen LogP contribution in [0.2, 0.25) is 0 Å². The quantitative estimate of drug-likeness (QED) is 0.197. The summed E-state index contributed by atoms with van der Waals surface area (Å²) in [7, 11) is 0. The maximum absolute atomic E-state index is 6.08. The second-order valence-corrected chi connectivity index (χ2v) is 12.3. The molecule has 0 saturated carbocycles. The largest absolute Gasteiger partial charge is 0.456 e. The molecule has 0 aliphatic carbocycles. The summed E-state index contributed by atoms with van der Waals surface area (Å²) in [6, 6.07) is 54.4. The highest BCUT2D eigenvalue weighted by molar-refractivity contribution is 6.14. The average molecular weight is 617 g/mol. The molecule has 0 radical (unpaired) electrons. The van der Waals surface area contributed by atoms with E-state index in [1.54, 1.807) is 6.08 Å². The van der Waals surface area contributed by atoms with Crippen molar-refractivity contribution in [2.75, 3.05) is 0 Å².